The lowest BCUT2D eigenvalue weighted by atomic mass is 9.98. The summed E-state index contributed by atoms with van der Waals surface area (Å²) in [6.07, 6.45) is 55.4. The van der Waals surface area contributed by atoms with E-state index < -0.39 is 80.7 Å². The number of carbonyl (C=O) groups excluding carboxylic acids is 1. The summed E-state index contributed by atoms with van der Waals surface area (Å²) >= 11 is 0. The minimum Gasteiger partial charge on any atom is -0.457 e. The second-order valence-corrected chi connectivity index (χ2v) is 23.3. The van der Waals surface area contributed by atoms with Crippen LogP contribution in [0.1, 0.15) is 258 Å². The summed E-state index contributed by atoms with van der Waals surface area (Å²) in [4.78, 5) is 13.1. The molecule has 7 N–H and O–H groups in total. The summed E-state index contributed by atoms with van der Waals surface area (Å²) in [6, 6.07) is 0. The zero-order chi connectivity index (χ0) is 60.1. The minimum absolute atomic E-state index is 0.0581. The molecule has 2 fully saturated rings. The lowest BCUT2D eigenvalue weighted by Crippen LogP contribution is -2.61. The fraction of sp³-hybridized carbons (Fsp3) is 0.812. The maximum Gasteiger partial charge on any atom is 0.306 e. The Balaban J connectivity index is 1.65. The number of aliphatic hydroxyl groups excluding tert-OH is 7. The highest BCUT2D eigenvalue weighted by Crippen LogP contribution is 2.27. The number of esters is 1. The standard InChI is InChI=1S/C69H122O14/c1-3-5-7-9-11-13-15-17-19-21-23-25-27-28-29-31-33-35-37-39-41-43-45-47-49-51-53-78-55-58(56-79-68-67(77)65(75)63(73)60(83-68)57-80-69-66(76)64(74)62(72)59(54-70)82-69)81-61(71)52-50-48-46-44-42-40-38-36-34-32-30-26-24-22-20-18-16-14-12-10-8-6-4-2/h6,8,12,14-15,17-18,20-21,23-24,26,58-60,62-70,72-77H,3-5,7,9-11,13,16,19,22,25,27-57H2,1-2H3/b8-6-,14-12-,17-15-,20-18-,23-21-,26-24-. The largest absolute Gasteiger partial charge is 0.457 e. The van der Waals surface area contributed by atoms with Crippen molar-refractivity contribution in [2.75, 3.05) is 33.0 Å². The molecule has 2 rings (SSSR count). The lowest BCUT2D eigenvalue weighted by molar-refractivity contribution is -0.332. The average Bonchev–Trinajstić information content (AvgIpc) is 3.49. The van der Waals surface area contributed by atoms with Gasteiger partial charge in [-0.2, -0.15) is 0 Å². The van der Waals surface area contributed by atoms with Crippen LogP contribution in [-0.4, -0.2) is 142 Å². The molecule has 0 radical (unpaired) electrons. The smallest absolute Gasteiger partial charge is 0.306 e. The van der Waals surface area contributed by atoms with Crippen molar-refractivity contribution in [3.63, 3.8) is 0 Å². The van der Waals surface area contributed by atoms with Crippen LogP contribution < -0.4 is 0 Å². The van der Waals surface area contributed by atoms with Gasteiger partial charge in [-0.15, -0.1) is 0 Å². The Morgan fingerprint density at radius 2 is 0.783 bits per heavy atom. The summed E-state index contributed by atoms with van der Waals surface area (Å²) in [5.74, 6) is -0.379. The number of rotatable bonds is 55. The molecule has 2 heterocycles. The van der Waals surface area contributed by atoms with Crippen molar-refractivity contribution >= 4 is 5.97 Å². The zero-order valence-corrected chi connectivity index (χ0v) is 52.2. The summed E-state index contributed by atoms with van der Waals surface area (Å²) < 4.78 is 34.5. The molecule has 0 aromatic rings. The van der Waals surface area contributed by atoms with Gasteiger partial charge >= 0.3 is 5.97 Å². The molecule has 11 atom stereocenters. The third-order valence-electron chi connectivity index (χ3n) is 15.7. The normalized spacial score (nSPS) is 23.9. The van der Waals surface area contributed by atoms with Crippen LogP contribution >= 0.6 is 0 Å². The van der Waals surface area contributed by atoms with Crippen LogP contribution in [-0.2, 0) is 33.2 Å². The summed E-state index contributed by atoms with van der Waals surface area (Å²) in [6.45, 7) is 3.59. The molecule has 2 saturated heterocycles. The van der Waals surface area contributed by atoms with Gasteiger partial charge in [0.1, 0.15) is 54.9 Å². The highest BCUT2D eigenvalue weighted by Gasteiger charge is 2.47. The molecule has 0 bridgehead atoms. The Hall–Kier alpha value is -2.57. The molecule has 2 aliphatic rings. The van der Waals surface area contributed by atoms with Gasteiger partial charge in [-0.25, -0.2) is 0 Å². The number of hydrogen-bond donors (Lipinski definition) is 7. The van der Waals surface area contributed by atoms with Gasteiger partial charge in [0.2, 0.25) is 0 Å². The van der Waals surface area contributed by atoms with Crippen LogP contribution in [0.4, 0.5) is 0 Å². The van der Waals surface area contributed by atoms with E-state index >= 15 is 0 Å². The van der Waals surface area contributed by atoms with E-state index in [0.29, 0.717) is 13.0 Å². The van der Waals surface area contributed by atoms with E-state index in [-0.39, 0.29) is 25.6 Å². The lowest BCUT2D eigenvalue weighted by Gasteiger charge is -2.42. The van der Waals surface area contributed by atoms with Gasteiger partial charge < -0.3 is 64.2 Å². The van der Waals surface area contributed by atoms with E-state index in [4.69, 9.17) is 28.4 Å². The molecule has 0 aromatic heterocycles. The summed E-state index contributed by atoms with van der Waals surface area (Å²) in [7, 11) is 0. The van der Waals surface area contributed by atoms with Gasteiger partial charge in [-0.3, -0.25) is 4.79 Å². The monoisotopic (exact) mass is 1170 g/mol. The first kappa shape index (κ1) is 76.5. The molecule has 14 nitrogen and oxygen atoms in total. The van der Waals surface area contributed by atoms with Gasteiger partial charge in [0, 0.05) is 13.0 Å². The van der Waals surface area contributed by atoms with Crippen molar-refractivity contribution in [3.8, 4) is 0 Å². The fourth-order valence-electron chi connectivity index (χ4n) is 10.4. The number of ether oxygens (including phenoxy) is 6. The first-order valence-corrected chi connectivity index (χ1v) is 33.5. The Morgan fingerprint density at radius 1 is 0.410 bits per heavy atom. The van der Waals surface area contributed by atoms with Gasteiger partial charge in [0.15, 0.2) is 12.6 Å². The van der Waals surface area contributed by atoms with E-state index in [1.165, 1.54) is 154 Å². The predicted octanol–water partition coefficient (Wildman–Crippen LogP) is 13.8. The molecular formula is C69H122O14. The van der Waals surface area contributed by atoms with E-state index in [1.807, 2.05) is 0 Å². The first-order chi connectivity index (χ1) is 40.6. The van der Waals surface area contributed by atoms with Crippen LogP contribution in [0.5, 0.6) is 0 Å². The molecule has 0 aromatic carbocycles. The maximum atomic E-state index is 13.1. The average molecular weight is 1180 g/mol. The third kappa shape index (κ3) is 40.5. The molecule has 482 valence electrons. The van der Waals surface area contributed by atoms with Crippen LogP contribution in [0.3, 0.4) is 0 Å². The Kier molecular flexibility index (Phi) is 50.5. The molecule has 0 spiro atoms. The molecular weight excluding hydrogens is 1050 g/mol. The molecule has 83 heavy (non-hydrogen) atoms. The van der Waals surface area contributed by atoms with E-state index in [1.54, 1.807) is 0 Å². The Bertz CT molecular complexity index is 1650. The van der Waals surface area contributed by atoms with Crippen molar-refractivity contribution in [2.45, 2.75) is 325 Å². The number of carbonyl (C=O) groups is 1. The number of allylic oxidation sites excluding steroid dienone is 12. The SMILES string of the molecule is CC/C=C\C/C=C\C/C=C\C/C=C\CCCCCCCCCCCCC(=O)OC(COCCCCCCCCCCCCCCCC/C=C\C/C=C\CCCCCCC)COC1OC(COC2OC(CO)C(O)C(O)C2O)C(O)C(O)C1O. The number of unbranched alkanes of at least 4 members (excludes halogenated alkanes) is 29. The third-order valence-corrected chi connectivity index (χ3v) is 15.7. The molecule has 11 unspecified atom stereocenters. The first-order valence-electron chi connectivity index (χ1n) is 33.5. The molecule has 0 aliphatic carbocycles. The highest BCUT2D eigenvalue weighted by molar-refractivity contribution is 5.69. The molecule has 0 amide bonds. The van der Waals surface area contributed by atoms with Gasteiger partial charge in [-0.05, 0) is 83.5 Å². The van der Waals surface area contributed by atoms with Crippen LogP contribution in [0.15, 0.2) is 72.9 Å². The number of hydrogen-bond acceptors (Lipinski definition) is 14. The topological polar surface area (TPSA) is 214 Å². The van der Waals surface area contributed by atoms with Crippen LogP contribution in [0.2, 0.25) is 0 Å². The number of aliphatic hydroxyl groups is 7. The van der Waals surface area contributed by atoms with Gasteiger partial charge in [-0.1, -0.05) is 241 Å². The van der Waals surface area contributed by atoms with Crippen LogP contribution in [0.25, 0.3) is 0 Å². The minimum atomic E-state index is -1.71. The summed E-state index contributed by atoms with van der Waals surface area (Å²) in [5.41, 5.74) is 0. The van der Waals surface area contributed by atoms with Crippen molar-refractivity contribution < 1.29 is 69.0 Å². The summed E-state index contributed by atoms with van der Waals surface area (Å²) in [5, 5.41) is 72.6. The van der Waals surface area contributed by atoms with Crippen molar-refractivity contribution in [3.05, 3.63) is 72.9 Å². The van der Waals surface area contributed by atoms with Crippen molar-refractivity contribution in [2.24, 2.45) is 0 Å². The Labute approximate surface area is 504 Å². The Morgan fingerprint density at radius 3 is 1.23 bits per heavy atom. The van der Waals surface area contributed by atoms with Gasteiger partial charge in [0.25, 0.3) is 0 Å². The predicted molar refractivity (Wildman–Crippen MR) is 335 cm³/mol. The zero-order valence-electron chi connectivity index (χ0n) is 52.2. The van der Waals surface area contributed by atoms with Crippen LogP contribution in [0, 0.1) is 0 Å². The second-order valence-electron chi connectivity index (χ2n) is 23.3. The second kappa shape index (κ2) is 54.8. The fourth-order valence-corrected chi connectivity index (χ4v) is 10.4. The highest BCUT2D eigenvalue weighted by atomic mass is 16.7. The molecule has 2 aliphatic heterocycles. The maximum absolute atomic E-state index is 13.1. The van der Waals surface area contributed by atoms with Gasteiger partial charge in [0.05, 0.1) is 26.4 Å². The molecule has 14 heteroatoms. The van der Waals surface area contributed by atoms with E-state index in [0.717, 1.165) is 77.0 Å². The van der Waals surface area contributed by atoms with E-state index in [2.05, 4.69) is 86.8 Å². The molecule has 0 saturated carbocycles. The quantitative estimate of drug-likeness (QED) is 0.0171. The van der Waals surface area contributed by atoms with Crippen molar-refractivity contribution in [1.29, 1.82) is 0 Å². The van der Waals surface area contributed by atoms with Crippen molar-refractivity contribution in [1.82, 2.24) is 0 Å². The van der Waals surface area contributed by atoms with E-state index in [9.17, 15) is 40.5 Å².